The Kier molecular flexibility index (Phi) is 4.17. The number of piperidine rings is 1. The highest BCUT2D eigenvalue weighted by molar-refractivity contribution is 5.81. The third kappa shape index (κ3) is 3.29. The lowest BCUT2D eigenvalue weighted by Gasteiger charge is -2.50. The van der Waals surface area contributed by atoms with E-state index in [1.807, 2.05) is 20.8 Å². The molecule has 2 saturated heterocycles. The number of esters is 1. The van der Waals surface area contributed by atoms with Crippen LogP contribution in [0.4, 0.5) is 4.79 Å². The van der Waals surface area contributed by atoms with Gasteiger partial charge in [-0.15, -0.1) is 0 Å². The first-order valence-corrected chi connectivity index (χ1v) is 7.12. The standard InChI is InChI=1S/C14H24N2O5/c1-13(2,3)21-12(18)16-9-5-14(15,11(17)19-4)6-10(16)8-20-7-9/h9-10H,5-8,15H2,1-4H3. The van der Waals surface area contributed by atoms with Gasteiger partial charge in [0.25, 0.3) is 0 Å². The van der Waals surface area contributed by atoms with E-state index in [1.54, 1.807) is 4.90 Å². The molecule has 7 heteroatoms. The minimum atomic E-state index is -1.06. The van der Waals surface area contributed by atoms with E-state index in [0.29, 0.717) is 26.1 Å². The van der Waals surface area contributed by atoms with Gasteiger partial charge < -0.3 is 19.9 Å². The first kappa shape index (κ1) is 16.0. The van der Waals surface area contributed by atoms with Gasteiger partial charge >= 0.3 is 12.1 Å². The summed E-state index contributed by atoms with van der Waals surface area (Å²) in [6.45, 7) is 6.17. The molecule has 0 aromatic heterocycles. The number of hydrogen-bond donors (Lipinski definition) is 1. The third-order valence-electron chi connectivity index (χ3n) is 3.80. The molecule has 7 nitrogen and oxygen atoms in total. The molecule has 2 fully saturated rings. The molecule has 0 aromatic carbocycles. The largest absolute Gasteiger partial charge is 0.468 e. The zero-order chi connectivity index (χ0) is 15.8. The van der Waals surface area contributed by atoms with Crippen LogP contribution in [0.3, 0.4) is 0 Å². The Morgan fingerprint density at radius 3 is 2.19 bits per heavy atom. The van der Waals surface area contributed by atoms with Gasteiger partial charge in [-0.2, -0.15) is 0 Å². The number of hydrogen-bond acceptors (Lipinski definition) is 6. The summed E-state index contributed by atoms with van der Waals surface area (Å²) in [5.41, 5.74) is 4.56. The Bertz CT molecular complexity index is 418. The first-order valence-electron chi connectivity index (χ1n) is 7.12. The van der Waals surface area contributed by atoms with E-state index in [9.17, 15) is 9.59 Å². The van der Waals surface area contributed by atoms with Crippen molar-refractivity contribution in [3.8, 4) is 0 Å². The number of carbonyl (C=O) groups is 2. The second-order valence-electron chi connectivity index (χ2n) is 6.79. The van der Waals surface area contributed by atoms with Crippen molar-refractivity contribution in [2.45, 2.75) is 56.8 Å². The molecular weight excluding hydrogens is 276 g/mol. The average Bonchev–Trinajstić information content (AvgIpc) is 2.34. The maximum Gasteiger partial charge on any atom is 0.410 e. The van der Waals surface area contributed by atoms with Gasteiger partial charge in [0.2, 0.25) is 0 Å². The molecule has 2 aliphatic rings. The van der Waals surface area contributed by atoms with Crippen LogP contribution in [0.15, 0.2) is 0 Å². The molecule has 0 aromatic rings. The van der Waals surface area contributed by atoms with Crippen LogP contribution in [-0.2, 0) is 19.0 Å². The molecule has 2 atom stereocenters. The quantitative estimate of drug-likeness (QED) is 0.715. The van der Waals surface area contributed by atoms with Crippen molar-refractivity contribution in [1.82, 2.24) is 4.90 Å². The van der Waals surface area contributed by atoms with Crippen LogP contribution in [0.5, 0.6) is 0 Å². The van der Waals surface area contributed by atoms with Crippen LogP contribution in [0.1, 0.15) is 33.6 Å². The summed E-state index contributed by atoms with van der Waals surface area (Å²) < 4.78 is 15.7. The van der Waals surface area contributed by atoms with Crippen LogP contribution < -0.4 is 5.73 Å². The zero-order valence-corrected chi connectivity index (χ0v) is 13.0. The first-order chi connectivity index (χ1) is 9.66. The predicted octanol–water partition coefficient (Wildman–Crippen LogP) is 0.655. The van der Waals surface area contributed by atoms with Crippen LogP contribution in [0.2, 0.25) is 0 Å². The number of methoxy groups -OCH3 is 1. The van der Waals surface area contributed by atoms with E-state index in [4.69, 9.17) is 19.9 Å². The highest BCUT2D eigenvalue weighted by atomic mass is 16.6. The van der Waals surface area contributed by atoms with Crippen molar-refractivity contribution in [2.24, 2.45) is 5.73 Å². The van der Waals surface area contributed by atoms with Crippen molar-refractivity contribution < 1.29 is 23.8 Å². The number of rotatable bonds is 1. The Morgan fingerprint density at radius 2 is 1.76 bits per heavy atom. The Morgan fingerprint density at radius 1 is 1.24 bits per heavy atom. The molecule has 2 aliphatic heterocycles. The lowest BCUT2D eigenvalue weighted by molar-refractivity contribution is -0.156. The minimum Gasteiger partial charge on any atom is -0.468 e. The van der Waals surface area contributed by atoms with Gasteiger partial charge in [0.15, 0.2) is 0 Å². The summed E-state index contributed by atoms with van der Waals surface area (Å²) in [6.07, 6.45) is 0.248. The Labute approximate surface area is 124 Å². The smallest absolute Gasteiger partial charge is 0.410 e. The van der Waals surface area contributed by atoms with Crippen molar-refractivity contribution in [3.05, 3.63) is 0 Å². The zero-order valence-electron chi connectivity index (χ0n) is 13.0. The molecule has 0 radical (unpaired) electrons. The topological polar surface area (TPSA) is 91.1 Å². The van der Waals surface area contributed by atoms with Crippen molar-refractivity contribution in [2.75, 3.05) is 20.3 Å². The SMILES string of the molecule is COC(=O)C1(N)CC2COCC(C1)N2C(=O)OC(C)(C)C. The molecule has 21 heavy (non-hydrogen) atoms. The maximum absolute atomic E-state index is 12.4. The Hall–Kier alpha value is -1.34. The van der Waals surface area contributed by atoms with E-state index >= 15 is 0 Å². The van der Waals surface area contributed by atoms with E-state index in [2.05, 4.69) is 0 Å². The van der Waals surface area contributed by atoms with E-state index in [-0.39, 0.29) is 18.2 Å². The fourth-order valence-electron chi connectivity index (χ4n) is 3.02. The minimum absolute atomic E-state index is 0.267. The fraction of sp³-hybridized carbons (Fsp3) is 0.857. The molecule has 0 spiro atoms. The number of ether oxygens (including phenoxy) is 3. The lowest BCUT2D eigenvalue weighted by Crippen LogP contribution is -2.68. The van der Waals surface area contributed by atoms with E-state index in [1.165, 1.54) is 7.11 Å². The third-order valence-corrected chi connectivity index (χ3v) is 3.80. The van der Waals surface area contributed by atoms with Crippen molar-refractivity contribution >= 4 is 12.1 Å². The van der Waals surface area contributed by atoms with Gasteiger partial charge in [0.1, 0.15) is 11.1 Å². The van der Waals surface area contributed by atoms with E-state index < -0.39 is 17.1 Å². The van der Waals surface area contributed by atoms with Crippen LogP contribution in [-0.4, -0.2) is 60.5 Å². The van der Waals surface area contributed by atoms with Crippen LogP contribution in [0.25, 0.3) is 0 Å². The van der Waals surface area contributed by atoms with Crippen LogP contribution >= 0.6 is 0 Å². The van der Waals surface area contributed by atoms with Crippen molar-refractivity contribution in [3.63, 3.8) is 0 Å². The summed E-state index contributed by atoms with van der Waals surface area (Å²) in [4.78, 5) is 25.9. The number of amides is 1. The van der Waals surface area contributed by atoms with Gasteiger partial charge in [-0.25, -0.2) is 4.79 Å². The second kappa shape index (κ2) is 5.46. The second-order valence-corrected chi connectivity index (χ2v) is 6.79. The highest BCUT2D eigenvalue weighted by Gasteiger charge is 2.52. The Balaban J connectivity index is 2.17. The molecule has 1 amide bonds. The molecule has 2 rings (SSSR count). The molecule has 120 valence electrons. The predicted molar refractivity (Wildman–Crippen MR) is 74.6 cm³/mol. The number of morpholine rings is 1. The van der Waals surface area contributed by atoms with Crippen molar-refractivity contribution in [1.29, 1.82) is 0 Å². The normalized spacial score (nSPS) is 32.5. The summed E-state index contributed by atoms with van der Waals surface area (Å²) in [5.74, 6) is -0.441. The van der Waals surface area contributed by atoms with Crippen LogP contribution in [0, 0.1) is 0 Å². The van der Waals surface area contributed by atoms with Gasteiger partial charge in [0, 0.05) is 0 Å². The summed E-state index contributed by atoms with van der Waals surface area (Å²) in [6, 6.07) is -0.534. The molecule has 2 heterocycles. The van der Waals surface area contributed by atoms with E-state index in [0.717, 1.165) is 0 Å². The number of nitrogens with zero attached hydrogens (tertiary/aromatic N) is 1. The average molecular weight is 300 g/mol. The molecule has 0 saturated carbocycles. The van der Waals surface area contributed by atoms with Gasteiger partial charge in [-0.05, 0) is 33.6 Å². The number of nitrogens with two attached hydrogens (primary N) is 1. The lowest BCUT2D eigenvalue weighted by atomic mass is 9.79. The molecule has 2 bridgehead atoms. The summed E-state index contributed by atoms with van der Waals surface area (Å²) in [5, 5.41) is 0. The monoisotopic (exact) mass is 300 g/mol. The molecular formula is C14H24N2O5. The summed E-state index contributed by atoms with van der Waals surface area (Å²) >= 11 is 0. The maximum atomic E-state index is 12.4. The molecule has 0 aliphatic carbocycles. The van der Waals surface area contributed by atoms with Gasteiger partial charge in [-0.1, -0.05) is 0 Å². The molecule has 2 unspecified atom stereocenters. The van der Waals surface area contributed by atoms with Gasteiger partial charge in [-0.3, -0.25) is 9.69 Å². The fourth-order valence-corrected chi connectivity index (χ4v) is 3.02. The highest BCUT2D eigenvalue weighted by Crippen LogP contribution is 2.34. The number of carbonyl (C=O) groups excluding carboxylic acids is 2. The number of fused-ring (bicyclic) bond motifs is 2. The van der Waals surface area contributed by atoms with Gasteiger partial charge in [0.05, 0.1) is 32.4 Å². The summed E-state index contributed by atoms with van der Waals surface area (Å²) in [7, 11) is 1.32. The molecule has 2 N–H and O–H groups in total.